The second kappa shape index (κ2) is 6.98. The molecule has 0 aliphatic rings. The third-order valence-corrected chi connectivity index (χ3v) is 4.27. The zero-order valence-electron chi connectivity index (χ0n) is 7.13. The number of carboxylic acid groups (broad SMARTS) is 1. The Kier molecular flexibility index (Phi) is 8.79. The highest BCUT2D eigenvalue weighted by atomic mass is 79.9. The van der Waals surface area contributed by atoms with Crippen LogP contribution in [0.4, 0.5) is 0 Å². The van der Waals surface area contributed by atoms with Crippen LogP contribution >= 0.6 is 0 Å². The summed E-state index contributed by atoms with van der Waals surface area (Å²) >= 11 is 0. The standard InChI is InChI=1S/C7H14O2S.BrH/c1-4-10(5-2)6(3)7(8)9;/h6H,4-5H2,1-3H3;1H. The molecule has 0 radical (unpaired) electrons. The van der Waals surface area contributed by atoms with Crippen LogP contribution in [0, 0.1) is 0 Å². The first-order valence-electron chi connectivity index (χ1n) is 3.52. The number of carboxylic acids is 1. The van der Waals surface area contributed by atoms with Crippen molar-refractivity contribution in [3.8, 4) is 0 Å². The third kappa shape index (κ3) is 4.69. The molecule has 0 aliphatic heterocycles. The maximum atomic E-state index is 10.5. The fourth-order valence-electron chi connectivity index (χ4n) is 0.847. The molecule has 0 fully saturated rings. The molecule has 0 aromatic rings. The van der Waals surface area contributed by atoms with Gasteiger partial charge in [0.05, 0.1) is 0 Å². The summed E-state index contributed by atoms with van der Waals surface area (Å²) in [6.45, 7) is 5.89. The molecule has 1 N–H and O–H groups in total. The van der Waals surface area contributed by atoms with Gasteiger partial charge in [0.1, 0.15) is 11.5 Å². The predicted octanol–water partition coefficient (Wildman–Crippen LogP) is -1.88. The van der Waals surface area contributed by atoms with Gasteiger partial charge in [-0.05, 0) is 20.8 Å². The van der Waals surface area contributed by atoms with Crippen molar-refractivity contribution in [2.24, 2.45) is 0 Å². The van der Waals surface area contributed by atoms with E-state index in [9.17, 15) is 4.79 Å². The van der Waals surface area contributed by atoms with Crippen LogP contribution in [0.1, 0.15) is 20.8 Å². The van der Waals surface area contributed by atoms with Gasteiger partial charge in [0.15, 0.2) is 0 Å². The minimum Gasteiger partial charge on any atom is -1.00 e. The molecule has 68 valence electrons. The number of carbonyl (C=O) groups is 1. The molecule has 0 rings (SSSR count). The fraction of sp³-hybridized carbons (Fsp3) is 0.857. The maximum Gasteiger partial charge on any atom is 0.356 e. The second-order valence-electron chi connectivity index (χ2n) is 2.10. The summed E-state index contributed by atoms with van der Waals surface area (Å²) in [5.41, 5.74) is 0. The lowest BCUT2D eigenvalue weighted by atomic mass is 10.5. The van der Waals surface area contributed by atoms with Crippen LogP contribution in [-0.4, -0.2) is 27.8 Å². The van der Waals surface area contributed by atoms with E-state index in [1.807, 2.05) is 13.8 Å². The third-order valence-electron chi connectivity index (χ3n) is 1.59. The largest absolute Gasteiger partial charge is 1.00 e. The Bertz CT molecular complexity index is 115. The van der Waals surface area contributed by atoms with Crippen molar-refractivity contribution in [3.05, 3.63) is 0 Å². The van der Waals surface area contributed by atoms with E-state index < -0.39 is 5.97 Å². The topological polar surface area (TPSA) is 37.3 Å². The Morgan fingerprint density at radius 3 is 1.91 bits per heavy atom. The van der Waals surface area contributed by atoms with Crippen molar-refractivity contribution in [2.45, 2.75) is 26.0 Å². The molecule has 4 heteroatoms. The first kappa shape index (κ1) is 13.9. The molecular formula is C7H15BrO2S. The van der Waals surface area contributed by atoms with E-state index in [1.165, 1.54) is 0 Å². The number of rotatable bonds is 4. The first-order valence-corrected chi connectivity index (χ1v) is 5.15. The highest BCUT2D eigenvalue weighted by Crippen LogP contribution is 2.05. The molecule has 0 amide bonds. The van der Waals surface area contributed by atoms with Gasteiger partial charge < -0.3 is 22.1 Å². The summed E-state index contributed by atoms with van der Waals surface area (Å²) in [7, 11) is 0.0872. The Balaban J connectivity index is 0. The molecule has 11 heavy (non-hydrogen) atoms. The summed E-state index contributed by atoms with van der Waals surface area (Å²) in [4.78, 5) is 10.5. The van der Waals surface area contributed by atoms with Gasteiger partial charge in [0.2, 0.25) is 5.25 Å². The van der Waals surface area contributed by atoms with Crippen molar-refractivity contribution < 1.29 is 26.9 Å². The van der Waals surface area contributed by atoms with E-state index >= 15 is 0 Å². The zero-order valence-corrected chi connectivity index (χ0v) is 9.54. The summed E-state index contributed by atoms with van der Waals surface area (Å²) in [5.74, 6) is 1.32. The lowest BCUT2D eigenvalue weighted by molar-refractivity contribution is -0.136. The minimum absolute atomic E-state index is 0. The molecule has 0 aromatic carbocycles. The van der Waals surface area contributed by atoms with Crippen LogP contribution in [0.5, 0.6) is 0 Å². The van der Waals surface area contributed by atoms with Gasteiger partial charge in [0, 0.05) is 10.9 Å². The summed E-state index contributed by atoms with van der Waals surface area (Å²) in [6.07, 6.45) is 0. The molecule has 0 bridgehead atoms. The van der Waals surface area contributed by atoms with E-state index in [-0.39, 0.29) is 33.1 Å². The molecule has 2 nitrogen and oxygen atoms in total. The van der Waals surface area contributed by atoms with E-state index in [2.05, 4.69) is 0 Å². The fourth-order valence-corrected chi connectivity index (χ4v) is 2.54. The number of halogens is 1. The van der Waals surface area contributed by atoms with E-state index in [4.69, 9.17) is 5.11 Å². The van der Waals surface area contributed by atoms with Gasteiger partial charge in [-0.3, -0.25) is 0 Å². The van der Waals surface area contributed by atoms with E-state index in [0.29, 0.717) is 0 Å². The van der Waals surface area contributed by atoms with Gasteiger partial charge in [-0.1, -0.05) is 0 Å². The van der Waals surface area contributed by atoms with Crippen molar-refractivity contribution in [3.63, 3.8) is 0 Å². The van der Waals surface area contributed by atoms with Crippen LogP contribution < -0.4 is 17.0 Å². The van der Waals surface area contributed by atoms with Gasteiger partial charge in [0.25, 0.3) is 0 Å². The van der Waals surface area contributed by atoms with Crippen molar-refractivity contribution >= 4 is 16.9 Å². The number of hydrogen-bond donors (Lipinski definition) is 1. The summed E-state index contributed by atoms with van der Waals surface area (Å²) in [5, 5.41) is 8.46. The van der Waals surface area contributed by atoms with Crippen molar-refractivity contribution in [1.29, 1.82) is 0 Å². The monoisotopic (exact) mass is 242 g/mol. The Morgan fingerprint density at radius 1 is 1.45 bits per heavy atom. The van der Waals surface area contributed by atoms with Crippen LogP contribution in [-0.2, 0) is 15.7 Å². The van der Waals surface area contributed by atoms with Gasteiger partial charge >= 0.3 is 5.97 Å². The number of hydrogen-bond acceptors (Lipinski definition) is 1. The first-order chi connectivity index (χ1) is 4.63. The highest BCUT2D eigenvalue weighted by molar-refractivity contribution is 7.98. The SMILES string of the molecule is CC[S+](CC)C(C)C(=O)O.[Br-]. The Labute approximate surface area is 81.5 Å². The predicted molar refractivity (Wildman–Crippen MR) is 45.5 cm³/mol. The number of aliphatic carboxylic acids is 1. The van der Waals surface area contributed by atoms with Crippen LogP contribution in [0.2, 0.25) is 0 Å². The molecule has 0 saturated carbocycles. The molecule has 0 heterocycles. The quantitative estimate of drug-likeness (QED) is 0.587. The lowest BCUT2D eigenvalue weighted by Gasteiger charge is -2.07. The van der Waals surface area contributed by atoms with Crippen molar-refractivity contribution in [2.75, 3.05) is 11.5 Å². The van der Waals surface area contributed by atoms with E-state index in [1.54, 1.807) is 6.92 Å². The minimum atomic E-state index is -0.660. The summed E-state index contributed by atoms with van der Waals surface area (Å²) < 4.78 is 0. The van der Waals surface area contributed by atoms with Crippen LogP contribution in [0.15, 0.2) is 0 Å². The Morgan fingerprint density at radius 2 is 1.82 bits per heavy atom. The molecule has 1 atom stereocenters. The van der Waals surface area contributed by atoms with Crippen molar-refractivity contribution in [1.82, 2.24) is 0 Å². The van der Waals surface area contributed by atoms with Gasteiger partial charge in [-0.25, -0.2) is 4.79 Å². The lowest BCUT2D eigenvalue weighted by Crippen LogP contribution is -3.00. The second-order valence-corrected chi connectivity index (χ2v) is 5.03. The molecule has 0 aromatic heterocycles. The average molecular weight is 243 g/mol. The molecule has 0 saturated heterocycles. The van der Waals surface area contributed by atoms with E-state index in [0.717, 1.165) is 11.5 Å². The smallest absolute Gasteiger partial charge is 0.356 e. The normalized spacial score (nSPS) is 12.4. The summed E-state index contributed by atoms with van der Waals surface area (Å²) in [6, 6.07) is 0. The molecule has 1 unspecified atom stereocenters. The zero-order chi connectivity index (χ0) is 8.15. The molecule has 0 spiro atoms. The molecular weight excluding hydrogens is 228 g/mol. The van der Waals surface area contributed by atoms with Gasteiger partial charge in [-0.15, -0.1) is 0 Å². The van der Waals surface area contributed by atoms with Crippen LogP contribution in [0.25, 0.3) is 0 Å². The van der Waals surface area contributed by atoms with Gasteiger partial charge in [-0.2, -0.15) is 0 Å². The van der Waals surface area contributed by atoms with Crippen LogP contribution in [0.3, 0.4) is 0 Å². The Hall–Kier alpha value is 0.300. The maximum absolute atomic E-state index is 10.5. The molecule has 0 aliphatic carbocycles. The highest BCUT2D eigenvalue weighted by Gasteiger charge is 2.28. The average Bonchev–Trinajstić information content (AvgIpc) is 1.90.